The van der Waals surface area contributed by atoms with Crippen LogP contribution in [0, 0.1) is 18.7 Å². The van der Waals surface area contributed by atoms with E-state index in [1.807, 2.05) is 20.8 Å². The fraction of sp³-hybridized carbons (Fsp3) is 0.286. The lowest BCUT2D eigenvalue weighted by molar-refractivity contribution is 0.345. The monoisotopic (exact) mass is 402 g/mol. The number of nitrogens with zero attached hydrogens (tertiary/aromatic N) is 2. The van der Waals surface area contributed by atoms with Gasteiger partial charge >= 0.3 is 0 Å². The molecule has 3 rings (SSSR count). The molecule has 1 heterocycles. The smallest absolute Gasteiger partial charge is 0.243 e. The average Bonchev–Trinajstić information content (AvgIpc) is 3.10. The van der Waals surface area contributed by atoms with Crippen LogP contribution in [0.15, 0.2) is 64.0 Å². The predicted octanol–water partition coefficient (Wildman–Crippen LogP) is 4.64. The van der Waals surface area contributed by atoms with E-state index in [-0.39, 0.29) is 23.2 Å². The fourth-order valence-corrected chi connectivity index (χ4v) is 4.41. The van der Waals surface area contributed by atoms with Crippen molar-refractivity contribution in [3.8, 4) is 11.3 Å². The van der Waals surface area contributed by atoms with Crippen molar-refractivity contribution in [1.29, 1.82) is 0 Å². The number of aromatic nitrogens is 1. The highest BCUT2D eigenvalue weighted by atomic mass is 32.2. The van der Waals surface area contributed by atoms with Crippen LogP contribution in [0.4, 0.5) is 4.39 Å². The van der Waals surface area contributed by atoms with E-state index in [4.69, 9.17) is 4.52 Å². The van der Waals surface area contributed by atoms with Gasteiger partial charge in [0.05, 0.1) is 17.1 Å². The second-order valence-corrected chi connectivity index (χ2v) is 9.13. The molecule has 0 atom stereocenters. The molecule has 0 spiro atoms. The molecule has 28 heavy (non-hydrogen) atoms. The Morgan fingerprint density at radius 1 is 1.07 bits per heavy atom. The molecule has 7 heteroatoms. The van der Waals surface area contributed by atoms with Crippen LogP contribution in [0.25, 0.3) is 11.3 Å². The van der Waals surface area contributed by atoms with Gasteiger partial charge in [-0.1, -0.05) is 36.7 Å². The summed E-state index contributed by atoms with van der Waals surface area (Å²) < 4.78 is 46.1. The number of aryl methyl sites for hydroxylation is 1. The maximum absolute atomic E-state index is 13.1. The highest BCUT2D eigenvalue weighted by Gasteiger charge is 2.26. The van der Waals surface area contributed by atoms with Crippen molar-refractivity contribution in [3.63, 3.8) is 0 Å². The van der Waals surface area contributed by atoms with E-state index in [0.29, 0.717) is 23.6 Å². The summed E-state index contributed by atoms with van der Waals surface area (Å²) in [5.74, 6) is 0.270. The van der Waals surface area contributed by atoms with Crippen LogP contribution in [-0.2, 0) is 16.6 Å². The fourth-order valence-electron chi connectivity index (χ4n) is 2.83. The van der Waals surface area contributed by atoms with Gasteiger partial charge in [-0.2, -0.15) is 4.31 Å². The Morgan fingerprint density at radius 2 is 1.71 bits per heavy atom. The predicted molar refractivity (Wildman–Crippen MR) is 106 cm³/mol. The van der Waals surface area contributed by atoms with Crippen molar-refractivity contribution in [2.45, 2.75) is 32.2 Å². The summed E-state index contributed by atoms with van der Waals surface area (Å²) >= 11 is 0. The number of hydrogen-bond donors (Lipinski definition) is 0. The first-order valence-corrected chi connectivity index (χ1v) is 10.5. The zero-order valence-electron chi connectivity index (χ0n) is 16.1. The molecule has 0 aliphatic heterocycles. The summed E-state index contributed by atoms with van der Waals surface area (Å²) in [4.78, 5) is 0.251. The Balaban J connectivity index is 1.87. The van der Waals surface area contributed by atoms with Gasteiger partial charge < -0.3 is 4.52 Å². The molecule has 0 radical (unpaired) electrons. The van der Waals surface area contributed by atoms with Crippen molar-refractivity contribution >= 4 is 10.0 Å². The Labute approximate surface area is 164 Å². The minimum Gasteiger partial charge on any atom is -0.356 e. The average molecular weight is 402 g/mol. The summed E-state index contributed by atoms with van der Waals surface area (Å²) in [6.45, 7) is 6.29. The molecule has 1 aromatic heterocycles. The molecular formula is C21H23FN2O3S. The van der Waals surface area contributed by atoms with Crippen LogP contribution >= 0.6 is 0 Å². The van der Waals surface area contributed by atoms with Crippen LogP contribution in [-0.4, -0.2) is 24.4 Å². The Bertz CT molecular complexity index is 1030. The summed E-state index contributed by atoms with van der Waals surface area (Å²) in [5.41, 5.74) is 2.17. The van der Waals surface area contributed by atoms with E-state index in [0.717, 1.165) is 5.56 Å². The lowest BCUT2D eigenvalue weighted by Crippen LogP contribution is -2.34. The van der Waals surface area contributed by atoms with Crippen molar-refractivity contribution in [3.05, 3.63) is 71.7 Å². The highest BCUT2D eigenvalue weighted by Crippen LogP contribution is 2.24. The molecule has 148 valence electrons. The normalized spacial score (nSPS) is 12.1. The largest absolute Gasteiger partial charge is 0.356 e. The summed E-state index contributed by atoms with van der Waals surface area (Å²) in [5, 5.41) is 4.01. The third-order valence-corrected chi connectivity index (χ3v) is 6.08. The zero-order chi connectivity index (χ0) is 20.3. The first-order valence-electron chi connectivity index (χ1n) is 9.04. The molecule has 0 aliphatic rings. The number of hydrogen-bond acceptors (Lipinski definition) is 4. The maximum Gasteiger partial charge on any atom is 0.243 e. The van der Waals surface area contributed by atoms with Gasteiger partial charge in [0.1, 0.15) is 5.82 Å². The molecule has 0 aliphatic carbocycles. The molecule has 0 N–H and O–H groups in total. The quantitative estimate of drug-likeness (QED) is 0.578. The van der Waals surface area contributed by atoms with E-state index in [1.165, 1.54) is 16.4 Å². The van der Waals surface area contributed by atoms with Crippen LogP contribution in [0.1, 0.15) is 25.1 Å². The van der Waals surface area contributed by atoms with Gasteiger partial charge in [0.25, 0.3) is 0 Å². The molecule has 0 fully saturated rings. The third kappa shape index (κ3) is 4.66. The number of rotatable bonds is 7. The van der Waals surface area contributed by atoms with Crippen molar-refractivity contribution in [2.24, 2.45) is 5.92 Å². The molecule has 0 amide bonds. The minimum atomic E-state index is -3.67. The van der Waals surface area contributed by atoms with E-state index in [2.05, 4.69) is 5.16 Å². The Morgan fingerprint density at radius 3 is 2.32 bits per heavy atom. The van der Waals surface area contributed by atoms with E-state index in [1.54, 1.807) is 42.5 Å². The van der Waals surface area contributed by atoms with Crippen LogP contribution < -0.4 is 0 Å². The van der Waals surface area contributed by atoms with E-state index >= 15 is 0 Å². The molecule has 0 bridgehead atoms. The first-order chi connectivity index (χ1) is 13.3. The zero-order valence-corrected chi connectivity index (χ0v) is 16.9. The molecule has 0 saturated heterocycles. The third-order valence-electron chi connectivity index (χ3n) is 4.25. The van der Waals surface area contributed by atoms with Gasteiger partial charge in [-0.25, -0.2) is 12.8 Å². The summed E-state index contributed by atoms with van der Waals surface area (Å²) in [6.07, 6.45) is 0. The maximum atomic E-state index is 13.1. The molecule has 0 unspecified atom stereocenters. The van der Waals surface area contributed by atoms with Crippen molar-refractivity contribution in [2.75, 3.05) is 6.54 Å². The Hall–Kier alpha value is -2.51. The van der Waals surface area contributed by atoms with Crippen LogP contribution in [0.5, 0.6) is 0 Å². The second-order valence-electron chi connectivity index (χ2n) is 7.19. The molecule has 5 nitrogen and oxygen atoms in total. The SMILES string of the molecule is Cc1ccc(S(=O)(=O)N(Cc2cc(-c3ccc(F)cc3)on2)CC(C)C)cc1. The molecule has 3 aromatic rings. The molecular weight excluding hydrogens is 379 g/mol. The summed E-state index contributed by atoms with van der Waals surface area (Å²) in [7, 11) is -3.67. The standard InChI is InChI=1S/C21H23FN2O3S/c1-15(2)13-24(28(25,26)20-10-4-16(3)5-11-20)14-19-12-21(27-23-19)17-6-8-18(22)9-7-17/h4-12,15H,13-14H2,1-3H3. The topological polar surface area (TPSA) is 63.4 Å². The van der Waals surface area contributed by atoms with E-state index in [9.17, 15) is 12.8 Å². The molecule has 2 aromatic carbocycles. The van der Waals surface area contributed by atoms with Crippen LogP contribution in [0.2, 0.25) is 0 Å². The second kappa shape index (κ2) is 8.24. The van der Waals surface area contributed by atoms with Gasteiger partial charge in [0, 0.05) is 18.2 Å². The van der Waals surface area contributed by atoms with E-state index < -0.39 is 10.0 Å². The Kier molecular flexibility index (Phi) is 5.96. The van der Waals surface area contributed by atoms with Gasteiger partial charge in [0.15, 0.2) is 5.76 Å². The number of halogens is 1. The van der Waals surface area contributed by atoms with Gasteiger partial charge in [-0.3, -0.25) is 0 Å². The lowest BCUT2D eigenvalue weighted by Gasteiger charge is -2.23. The lowest BCUT2D eigenvalue weighted by atomic mass is 10.1. The molecule has 0 saturated carbocycles. The van der Waals surface area contributed by atoms with Gasteiger partial charge in [-0.15, -0.1) is 0 Å². The summed E-state index contributed by atoms with van der Waals surface area (Å²) in [6, 6.07) is 14.3. The first kappa shape index (κ1) is 20.2. The number of sulfonamides is 1. The van der Waals surface area contributed by atoms with Crippen molar-refractivity contribution < 1.29 is 17.3 Å². The van der Waals surface area contributed by atoms with Gasteiger partial charge in [0.2, 0.25) is 10.0 Å². The van der Waals surface area contributed by atoms with Crippen molar-refractivity contribution in [1.82, 2.24) is 9.46 Å². The minimum absolute atomic E-state index is 0.0963. The highest BCUT2D eigenvalue weighted by molar-refractivity contribution is 7.89. The number of benzene rings is 2. The van der Waals surface area contributed by atoms with Gasteiger partial charge in [-0.05, 0) is 49.2 Å². The van der Waals surface area contributed by atoms with Crippen LogP contribution in [0.3, 0.4) is 0 Å².